The summed E-state index contributed by atoms with van der Waals surface area (Å²) in [5.41, 5.74) is 5.11. The predicted octanol–water partition coefficient (Wildman–Crippen LogP) is 7.90. The molecule has 318 valence electrons. The van der Waals surface area contributed by atoms with Gasteiger partial charge in [-0.3, -0.25) is 13.7 Å². The van der Waals surface area contributed by atoms with Gasteiger partial charge in [0.05, 0.1) is 9.79 Å². The summed E-state index contributed by atoms with van der Waals surface area (Å²) >= 11 is 0. The van der Waals surface area contributed by atoms with E-state index in [0.717, 1.165) is 0 Å². The van der Waals surface area contributed by atoms with Gasteiger partial charge in [0.15, 0.2) is 0 Å². The number of hydrogen-bond acceptors (Lipinski definition) is 8. The third-order valence-electron chi connectivity index (χ3n) is 10.1. The summed E-state index contributed by atoms with van der Waals surface area (Å²) in [6.07, 6.45) is 4.51. The molecule has 0 radical (unpaired) electrons. The third-order valence-corrected chi connectivity index (χ3v) is 12.7. The van der Waals surface area contributed by atoms with Crippen molar-refractivity contribution in [3.8, 4) is 0 Å². The number of benzene rings is 4. The summed E-state index contributed by atoms with van der Waals surface area (Å²) in [4.78, 5) is 15.3. The molecule has 6 N–H and O–H groups in total. The molecule has 0 atom stereocenters. The summed E-state index contributed by atoms with van der Waals surface area (Å²) in [5, 5.41) is 14.0. The zero-order chi connectivity index (χ0) is 44.6. The minimum atomic E-state index is -4.78. The Balaban J connectivity index is 1.74. The minimum absolute atomic E-state index is 0.0905. The van der Waals surface area contributed by atoms with E-state index in [1.165, 1.54) is 54.6 Å². The van der Waals surface area contributed by atoms with Gasteiger partial charge >= 0.3 is 5.97 Å². The number of nitrogens with one attached hydrogen (secondary N) is 2. The fraction of sp³-hybridized carbons (Fsp3) is 0.273. The molecule has 0 aliphatic heterocycles. The lowest BCUT2D eigenvalue weighted by molar-refractivity contribution is -0.354. The summed E-state index contributed by atoms with van der Waals surface area (Å²) < 4.78 is 104. The molecule has 0 saturated heterocycles. The lowest BCUT2D eigenvalue weighted by atomic mass is 9.88. The Morgan fingerprint density at radius 1 is 0.617 bits per heavy atom. The lowest BCUT2D eigenvalue weighted by Crippen LogP contribution is -2.68. The van der Waals surface area contributed by atoms with Crippen molar-refractivity contribution in [1.29, 1.82) is 0 Å². The van der Waals surface area contributed by atoms with Crippen LogP contribution in [0.1, 0.15) is 112 Å². The topological polar surface area (TPSA) is 226 Å². The molecule has 4 aromatic rings. The number of carboxylic acids is 1. The van der Waals surface area contributed by atoms with Crippen molar-refractivity contribution in [3.05, 3.63) is 136 Å². The van der Waals surface area contributed by atoms with Crippen LogP contribution in [0.4, 0.5) is 17.1 Å². The van der Waals surface area contributed by atoms with Crippen molar-refractivity contribution in [2.75, 3.05) is 5.32 Å². The molecule has 16 heteroatoms. The van der Waals surface area contributed by atoms with Crippen LogP contribution in [0.25, 0.3) is 5.57 Å². The first-order valence-corrected chi connectivity index (χ1v) is 23.4. The standard InChI is InChI=1S/C44H48N2O11S3/c1-24(2)34-20-31(58(49,50)51)21-35(25(3)4)42(34)45-30-16-13-28(14-17-30)41(33-11-9-10-12-40(33)60(55,56)57)29-15-18-39(38(19-29)44(47)48)46-43-36(26(5)6)22-32(59(52,53)54)23-37(43)27(7)8/h9-27,45H,1-8H3,(H,47,48)(H,49,50,51)(H,52,53,54)(H,55,56,57)/p+1. The molecule has 0 aromatic heterocycles. The van der Waals surface area contributed by atoms with Crippen LogP contribution in [0.2, 0.25) is 0 Å². The van der Waals surface area contributed by atoms with Crippen LogP contribution in [0.5, 0.6) is 0 Å². The molecule has 0 heterocycles. The quantitative estimate of drug-likeness (QED) is 0.0705. The Hall–Kier alpha value is -5.23. The summed E-state index contributed by atoms with van der Waals surface area (Å²) in [7, 11) is -13.8. The SMILES string of the molecule is CC(C)c1cc(S(=O)(=O)O)cc(C(C)C)c1Nc1ccc(C(=C2C=CC(=[NH+]c3c(C(C)C)cc(S(=O)(=O)O)cc3C(C)C)C(C(=O)O)=C2)c2ccccc2S(=O)(=O)O)cc1. The average molecular weight is 878 g/mol. The second kappa shape index (κ2) is 17.4. The summed E-state index contributed by atoms with van der Waals surface area (Å²) in [6, 6.07) is 18.2. The maximum atomic E-state index is 13.0. The molecule has 0 unspecified atom stereocenters. The highest BCUT2D eigenvalue weighted by Crippen LogP contribution is 2.39. The van der Waals surface area contributed by atoms with E-state index >= 15 is 0 Å². The van der Waals surface area contributed by atoms with Gasteiger partial charge in [0.1, 0.15) is 10.5 Å². The van der Waals surface area contributed by atoms with Crippen molar-refractivity contribution < 1.29 is 53.8 Å². The molecule has 4 aromatic carbocycles. The maximum Gasteiger partial charge on any atom is 0.342 e. The number of hydrogen-bond donors (Lipinski definition) is 6. The third kappa shape index (κ3) is 10.0. The second-order valence-electron chi connectivity index (χ2n) is 15.8. The van der Waals surface area contributed by atoms with Crippen LogP contribution in [0.3, 0.4) is 0 Å². The van der Waals surface area contributed by atoms with Gasteiger partial charge in [0, 0.05) is 34.1 Å². The van der Waals surface area contributed by atoms with Gasteiger partial charge in [0.25, 0.3) is 30.4 Å². The second-order valence-corrected chi connectivity index (χ2v) is 20.0. The zero-order valence-corrected chi connectivity index (χ0v) is 36.8. The number of aliphatic carboxylic acids is 1. The fourth-order valence-electron chi connectivity index (χ4n) is 7.09. The van der Waals surface area contributed by atoms with E-state index in [2.05, 4.69) is 10.3 Å². The highest BCUT2D eigenvalue weighted by Gasteiger charge is 2.30. The van der Waals surface area contributed by atoms with E-state index in [1.807, 2.05) is 55.4 Å². The molecule has 0 saturated carbocycles. The number of allylic oxidation sites excluding steroid dienone is 4. The van der Waals surface area contributed by atoms with Gasteiger partial charge < -0.3 is 10.4 Å². The van der Waals surface area contributed by atoms with Gasteiger partial charge in [0.2, 0.25) is 11.4 Å². The molecular formula is C44H49N2O11S3+. The molecule has 13 nitrogen and oxygen atoms in total. The molecule has 60 heavy (non-hydrogen) atoms. The molecule has 0 fully saturated rings. The van der Waals surface area contributed by atoms with Crippen LogP contribution in [-0.2, 0) is 35.1 Å². The zero-order valence-electron chi connectivity index (χ0n) is 34.3. The van der Waals surface area contributed by atoms with Crippen LogP contribution < -0.4 is 10.3 Å². The Bertz CT molecular complexity index is 2770. The molecule has 5 rings (SSSR count). The number of carboxylic acid groups (broad SMARTS) is 1. The normalized spacial score (nSPS) is 15.3. The summed E-state index contributed by atoms with van der Waals surface area (Å²) in [5.74, 6) is -2.12. The van der Waals surface area contributed by atoms with Crippen LogP contribution in [-0.4, -0.2) is 55.7 Å². The van der Waals surface area contributed by atoms with Crippen molar-refractivity contribution in [2.45, 2.75) is 93.7 Å². The largest absolute Gasteiger partial charge is 0.477 e. The Morgan fingerprint density at radius 3 is 1.52 bits per heavy atom. The Morgan fingerprint density at radius 2 is 1.08 bits per heavy atom. The highest BCUT2D eigenvalue weighted by molar-refractivity contribution is 7.86. The van der Waals surface area contributed by atoms with Crippen molar-refractivity contribution >= 4 is 64.7 Å². The maximum absolute atomic E-state index is 13.0. The molecule has 0 spiro atoms. The molecule has 0 amide bonds. The first-order chi connectivity index (χ1) is 27.8. The first kappa shape index (κ1) is 45.8. The number of rotatable bonds is 13. The van der Waals surface area contributed by atoms with Crippen LogP contribution in [0, 0.1) is 0 Å². The minimum Gasteiger partial charge on any atom is -0.477 e. The lowest BCUT2D eigenvalue weighted by Gasteiger charge is -2.22. The van der Waals surface area contributed by atoms with Gasteiger partial charge in [-0.15, -0.1) is 0 Å². The van der Waals surface area contributed by atoms with E-state index in [1.54, 1.807) is 36.4 Å². The van der Waals surface area contributed by atoms with Gasteiger partial charge in [-0.2, -0.15) is 25.3 Å². The van der Waals surface area contributed by atoms with E-state index in [4.69, 9.17) is 0 Å². The van der Waals surface area contributed by atoms with Gasteiger partial charge in [-0.25, -0.2) is 9.79 Å². The van der Waals surface area contributed by atoms with E-state index < -0.39 is 41.2 Å². The highest BCUT2D eigenvalue weighted by atomic mass is 32.2. The van der Waals surface area contributed by atoms with Crippen molar-refractivity contribution in [1.82, 2.24) is 0 Å². The monoisotopic (exact) mass is 877 g/mol. The number of anilines is 2. The summed E-state index contributed by atoms with van der Waals surface area (Å²) in [6.45, 7) is 14.9. The molecule has 1 aliphatic rings. The smallest absolute Gasteiger partial charge is 0.342 e. The Kier molecular flexibility index (Phi) is 13.3. The van der Waals surface area contributed by atoms with Crippen LogP contribution >= 0.6 is 0 Å². The average Bonchev–Trinajstić information content (AvgIpc) is 3.14. The molecule has 0 bridgehead atoms. The van der Waals surface area contributed by atoms with Crippen molar-refractivity contribution in [3.63, 3.8) is 0 Å². The van der Waals surface area contributed by atoms with E-state index in [0.29, 0.717) is 44.9 Å². The first-order valence-electron chi connectivity index (χ1n) is 19.1. The number of carbonyl (C=O) groups is 1. The van der Waals surface area contributed by atoms with Crippen molar-refractivity contribution in [2.24, 2.45) is 0 Å². The predicted molar refractivity (Wildman–Crippen MR) is 231 cm³/mol. The fourth-order valence-corrected chi connectivity index (χ4v) is 8.89. The van der Waals surface area contributed by atoms with Gasteiger partial charge in [-0.05, 0) is 106 Å². The molecule has 1 aliphatic carbocycles. The van der Waals surface area contributed by atoms with Gasteiger partial charge in [-0.1, -0.05) is 85.7 Å². The van der Waals surface area contributed by atoms with Crippen LogP contribution in [0.15, 0.2) is 117 Å². The molecular weight excluding hydrogens is 829 g/mol. The van der Waals surface area contributed by atoms with E-state index in [-0.39, 0.29) is 61.5 Å². The Labute approximate surface area is 351 Å². The van der Waals surface area contributed by atoms with E-state index in [9.17, 15) is 48.8 Å².